The van der Waals surface area contributed by atoms with Crippen LogP contribution in [0.2, 0.25) is 0 Å². The monoisotopic (exact) mass is 650 g/mol. The second-order valence-corrected chi connectivity index (χ2v) is 11.9. The Morgan fingerprint density at radius 2 is 1.51 bits per heavy atom. The molecule has 45 heavy (non-hydrogen) atoms. The number of aliphatic imine (C=N–C) groups is 2. The van der Waals surface area contributed by atoms with E-state index >= 15 is 0 Å². The molecule has 16 atom stereocenters. The largest absolute Gasteiger partial charge is 0.394 e. The van der Waals surface area contributed by atoms with Gasteiger partial charge in [0, 0.05) is 25.4 Å². The maximum atomic E-state index is 13.2. The van der Waals surface area contributed by atoms with Gasteiger partial charge in [-0.05, 0) is 6.42 Å². The van der Waals surface area contributed by atoms with Crippen molar-refractivity contribution in [3.8, 4) is 0 Å². The number of guanidine groups is 2. The molecule has 4 aliphatic rings. The van der Waals surface area contributed by atoms with E-state index in [9.17, 15) is 35.4 Å². The number of ether oxygens (including phenoxy) is 4. The molecule has 4 fully saturated rings. The minimum absolute atomic E-state index is 0.00150. The first-order valence-electron chi connectivity index (χ1n) is 14.5. The molecule has 2 saturated heterocycles. The lowest BCUT2D eigenvalue weighted by atomic mass is 9.83. The van der Waals surface area contributed by atoms with Gasteiger partial charge in [0.25, 0.3) is 5.91 Å². The van der Waals surface area contributed by atoms with Crippen molar-refractivity contribution in [1.29, 1.82) is 0 Å². The van der Waals surface area contributed by atoms with Gasteiger partial charge in [-0.25, -0.2) is 9.98 Å². The summed E-state index contributed by atoms with van der Waals surface area (Å²) in [6.45, 7) is -0.752. The zero-order valence-electron chi connectivity index (χ0n) is 24.4. The van der Waals surface area contributed by atoms with Crippen molar-refractivity contribution in [3.05, 3.63) is 0 Å². The molecule has 258 valence electrons. The van der Waals surface area contributed by atoms with Crippen LogP contribution < -0.4 is 45.5 Å². The Hall–Kier alpha value is -2.51. The Kier molecular flexibility index (Phi) is 11.1. The number of amides is 1. The van der Waals surface area contributed by atoms with E-state index in [4.69, 9.17) is 59.1 Å². The third-order valence-electron chi connectivity index (χ3n) is 8.53. The zero-order chi connectivity index (χ0) is 33.4. The molecule has 21 nitrogen and oxygen atoms in total. The average molecular weight is 651 g/mol. The van der Waals surface area contributed by atoms with Gasteiger partial charge in [-0.2, -0.15) is 0 Å². The maximum Gasteiger partial charge on any atom is 0.254 e. The molecular weight excluding hydrogens is 604 g/mol. The van der Waals surface area contributed by atoms with E-state index in [1.807, 2.05) is 0 Å². The molecule has 2 aliphatic heterocycles. The highest BCUT2D eigenvalue weighted by molar-refractivity contribution is 5.90. The van der Waals surface area contributed by atoms with Crippen molar-refractivity contribution in [2.75, 3.05) is 13.2 Å². The van der Waals surface area contributed by atoms with E-state index in [0.717, 1.165) is 0 Å². The van der Waals surface area contributed by atoms with E-state index in [1.54, 1.807) is 0 Å². The topological polar surface area (TPSA) is 394 Å². The molecule has 21 heteroatoms. The highest BCUT2D eigenvalue weighted by Gasteiger charge is 2.61. The van der Waals surface area contributed by atoms with E-state index in [2.05, 4.69) is 15.3 Å². The van der Waals surface area contributed by atoms with Crippen LogP contribution in [0.1, 0.15) is 19.3 Å². The van der Waals surface area contributed by atoms with Crippen molar-refractivity contribution in [2.24, 2.45) is 50.1 Å². The fourth-order valence-corrected chi connectivity index (χ4v) is 5.89. The number of rotatable bonds is 10. The number of hydrogen-bond acceptors (Lipinski definition) is 16. The summed E-state index contributed by atoms with van der Waals surface area (Å²) < 4.78 is 23.4. The Morgan fingerprint density at radius 3 is 2.11 bits per heavy atom. The molecule has 0 aromatic carbocycles. The van der Waals surface area contributed by atoms with Gasteiger partial charge in [0.05, 0.1) is 36.9 Å². The van der Waals surface area contributed by atoms with Crippen molar-refractivity contribution in [2.45, 2.75) is 116 Å². The quantitative estimate of drug-likeness (QED) is 0.0770. The van der Waals surface area contributed by atoms with Crippen LogP contribution in [0.5, 0.6) is 0 Å². The molecule has 0 aromatic rings. The van der Waals surface area contributed by atoms with Crippen LogP contribution in [0, 0.1) is 0 Å². The van der Waals surface area contributed by atoms with Crippen LogP contribution in [0.25, 0.3) is 0 Å². The normalized spacial score (nSPS) is 46.6. The van der Waals surface area contributed by atoms with Gasteiger partial charge in [-0.1, -0.05) is 0 Å². The molecule has 4 rings (SSSR count). The number of nitrogens with one attached hydrogen (secondary N) is 1. The number of nitrogens with zero attached hydrogens (tertiary/aromatic N) is 2. The maximum absolute atomic E-state index is 13.2. The molecule has 0 spiro atoms. The summed E-state index contributed by atoms with van der Waals surface area (Å²) in [4.78, 5) is 21.0. The second-order valence-electron chi connectivity index (χ2n) is 11.9. The van der Waals surface area contributed by atoms with Gasteiger partial charge in [0.1, 0.15) is 42.7 Å². The summed E-state index contributed by atoms with van der Waals surface area (Å²) in [5.74, 6) is -1.53. The van der Waals surface area contributed by atoms with Gasteiger partial charge < -0.3 is 95.0 Å². The fraction of sp³-hybridized carbons (Fsp3) is 0.875. The molecule has 0 aromatic heterocycles. The van der Waals surface area contributed by atoms with Gasteiger partial charge in [0.2, 0.25) is 0 Å². The Bertz CT molecular complexity index is 1100. The van der Waals surface area contributed by atoms with Crippen LogP contribution in [0.4, 0.5) is 0 Å². The molecule has 21 N–H and O–H groups in total. The van der Waals surface area contributed by atoms with Gasteiger partial charge in [-0.3, -0.25) is 4.79 Å². The predicted octanol–water partition coefficient (Wildman–Crippen LogP) is -9.05. The van der Waals surface area contributed by atoms with E-state index in [1.165, 1.54) is 0 Å². The SMILES string of the molecule is NCC1OC(OC2C(N)CC(NC(=O)C3(O)CC3N=C(N)N)C(OC3OC(CO)C(O)C(N)C3O)C2O)C(N=C(N)N)CC1O. The minimum Gasteiger partial charge on any atom is -0.394 e. The van der Waals surface area contributed by atoms with Crippen molar-refractivity contribution < 1.29 is 54.4 Å². The van der Waals surface area contributed by atoms with Crippen molar-refractivity contribution in [3.63, 3.8) is 0 Å². The molecule has 1 amide bonds. The van der Waals surface area contributed by atoms with Gasteiger partial charge >= 0.3 is 0 Å². The summed E-state index contributed by atoms with van der Waals surface area (Å²) in [6.07, 6.45) is -13.7. The molecule has 0 radical (unpaired) electrons. The fourth-order valence-electron chi connectivity index (χ4n) is 5.89. The third-order valence-corrected chi connectivity index (χ3v) is 8.53. The number of hydrogen-bond donors (Lipinski definition) is 14. The van der Waals surface area contributed by atoms with Gasteiger partial charge in [-0.15, -0.1) is 0 Å². The number of aliphatic hydroxyl groups is 6. The van der Waals surface area contributed by atoms with Crippen LogP contribution in [0.15, 0.2) is 9.98 Å². The number of carbonyl (C=O) groups excluding carboxylic acids is 1. The lowest BCUT2D eigenvalue weighted by Gasteiger charge is -2.48. The Balaban J connectivity index is 1.60. The molecule has 2 saturated carbocycles. The lowest BCUT2D eigenvalue weighted by Crippen LogP contribution is -2.69. The first kappa shape index (κ1) is 35.3. The smallest absolute Gasteiger partial charge is 0.254 e. The predicted molar refractivity (Wildman–Crippen MR) is 153 cm³/mol. The van der Waals surface area contributed by atoms with E-state index in [-0.39, 0.29) is 37.7 Å². The summed E-state index contributed by atoms with van der Waals surface area (Å²) in [6, 6.07) is -5.28. The number of carbonyl (C=O) groups is 1. The summed E-state index contributed by atoms with van der Waals surface area (Å²) in [5.41, 5.74) is 38.0. The van der Waals surface area contributed by atoms with Gasteiger partial charge in [0.15, 0.2) is 30.1 Å². The number of nitrogens with two attached hydrogens (primary N) is 7. The first-order chi connectivity index (χ1) is 21.1. The van der Waals surface area contributed by atoms with Crippen LogP contribution in [0.3, 0.4) is 0 Å². The molecule has 16 unspecified atom stereocenters. The number of aliphatic hydroxyl groups excluding tert-OH is 5. The second kappa shape index (κ2) is 14.1. The summed E-state index contributed by atoms with van der Waals surface area (Å²) in [5, 5.41) is 66.0. The lowest BCUT2D eigenvalue weighted by molar-refractivity contribution is -0.315. The first-order valence-corrected chi connectivity index (χ1v) is 14.5. The molecular formula is C24H46N10O11. The van der Waals surface area contributed by atoms with Crippen molar-refractivity contribution in [1.82, 2.24) is 5.32 Å². The van der Waals surface area contributed by atoms with Crippen molar-refractivity contribution >= 4 is 17.8 Å². The standard InChI is InChI=1S/C24H46N10O11/c25-4-10-9(36)2-8(33-22(28)29)19(42-10)44-17-6(26)1-7(32-21(40)24(41)3-12(24)34-23(30)31)18(16(17)39)45-20-15(38)13(27)14(37)11(5-35)43-20/h6-20,35-39,41H,1-5,25-27H2,(H,32,40)(H4,28,29,33)(H4,30,31,34). The third kappa shape index (κ3) is 7.56. The average Bonchev–Trinajstić information content (AvgIpc) is 3.62. The molecule has 2 aliphatic carbocycles. The highest BCUT2D eigenvalue weighted by atomic mass is 16.7. The van der Waals surface area contributed by atoms with E-state index in [0.29, 0.717) is 0 Å². The Morgan fingerprint density at radius 1 is 0.889 bits per heavy atom. The van der Waals surface area contributed by atoms with Crippen LogP contribution in [-0.4, -0.2) is 159 Å². The summed E-state index contributed by atoms with van der Waals surface area (Å²) in [7, 11) is 0. The minimum atomic E-state index is -1.95. The molecule has 0 bridgehead atoms. The van der Waals surface area contributed by atoms with Crippen LogP contribution in [-0.2, 0) is 23.7 Å². The zero-order valence-corrected chi connectivity index (χ0v) is 24.4. The highest BCUT2D eigenvalue weighted by Crippen LogP contribution is 2.40. The molecule has 2 heterocycles. The summed E-state index contributed by atoms with van der Waals surface area (Å²) >= 11 is 0. The van der Waals surface area contributed by atoms with E-state index < -0.39 is 110 Å². The Labute approximate surface area is 257 Å². The van der Waals surface area contributed by atoms with Crippen LogP contribution >= 0.6 is 0 Å².